The summed E-state index contributed by atoms with van der Waals surface area (Å²) in [6.07, 6.45) is -0.509. The monoisotopic (exact) mass is 293 g/mol. The summed E-state index contributed by atoms with van der Waals surface area (Å²) in [7, 11) is 1.28. The van der Waals surface area contributed by atoms with Gasteiger partial charge in [-0.15, -0.1) is 0 Å². The highest BCUT2D eigenvalue weighted by molar-refractivity contribution is 5.86. The van der Waals surface area contributed by atoms with E-state index in [0.717, 1.165) is 5.56 Å². The Morgan fingerprint density at radius 1 is 1.24 bits per heavy atom. The van der Waals surface area contributed by atoms with Crippen molar-refractivity contribution in [2.75, 3.05) is 7.11 Å². The molecule has 1 rings (SSSR count). The molecule has 0 saturated carbocycles. The van der Waals surface area contributed by atoms with E-state index in [4.69, 9.17) is 0 Å². The van der Waals surface area contributed by atoms with Crippen molar-refractivity contribution in [3.05, 3.63) is 35.9 Å². The van der Waals surface area contributed by atoms with E-state index in [2.05, 4.69) is 10.1 Å². The van der Waals surface area contributed by atoms with Crippen LogP contribution in [0.25, 0.3) is 0 Å². The molecular weight excluding hydrogens is 270 g/mol. The van der Waals surface area contributed by atoms with Crippen molar-refractivity contribution < 1.29 is 19.4 Å². The van der Waals surface area contributed by atoms with Gasteiger partial charge in [0.2, 0.25) is 5.91 Å². The van der Waals surface area contributed by atoms with Gasteiger partial charge in [-0.3, -0.25) is 4.79 Å². The smallest absolute Gasteiger partial charge is 0.328 e. The standard InChI is InChI=1S/C16H23NO4/c1-11(2)9-13(16(20)21-3)17-15(19)14(18)10-12-7-5-4-6-8-12/h4-8,11,13-14,18H,9-10H2,1-3H3,(H,17,19)/t13-,14?/m1/s1. The van der Waals surface area contributed by atoms with Gasteiger partial charge >= 0.3 is 5.97 Å². The minimum absolute atomic E-state index is 0.211. The fourth-order valence-corrected chi connectivity index (χ4v) is 2.03. The van der Waals surface area contributed by atoms with E-state index >= 15 is 0 Å². The zero-order valence-corrected chi connectivity index (χ0v) is 12.7. The van der Waals surface area contributed by atoms with Gasteiger partial charge in [0.05, 0.1) is 7.11 Å². The van der Waals surface area contributed by atoms with Crippen LogP contribution in [0.4, 0.5) is 0 Å². The average Bonchev–Trinajstić information content (AvgIpc) is 2.46. The maximum absolute atomic E-state index is 12.0. The van der Waals surface area contributed by atoms with Gasteiger partial charge in [0, 0.05) is 6.42 Å². The Kier molecular flexibility index (Phi) is 6.88. The third-order valence-electron chi connectivity index (χ3n) is 3.08. The van der Waals surface area contributed by atoms with Crippen LogP contribution in [-0.4, -0.2) is 36.2 Å². The van der Waals surface area contributed by atoms with Crippen LogP contribution >= 0.6 is 0 Å². The minimum atomic E-state index is -1.19. The average molecular weight is 293 g/mol. The summed E-state index contributed by atoms with van der Waals surface area (Å²) in [5, 5.41) is 12.5. The molecule has 0 bridgehead atoms. The summed E-state index contributed by atoms with van der Waals surface area (Å²) in [6, 6.07) is 8.50. The second-order valence-electron chi connectivity index (χ2n) is 5.42. The van der Waals surface area contributed by atoms with Gasteiger partial charge in [0.1, 0.15) is 12.1 Å². The van der Waals surface area contributed by atoms with Crippen molar-refractivity contribution in [3.63, 3.8) is 0 Å². The molecule has 5 heteroatoms. The first-order valence-corrected chi connectivity index (χ1v) is 7.04. The predicted molar refractivity (Wildman–Crippen MR) is 79.6 cm³/mol. The lowest BCUT2D eigenvalue weighted by Crippen LogP contribution is -2.47. The van der Waals surface area contributed by atoms with Gasteiger partial charge in [0.15, 0.2) is 0 Å². The molecule has 1 aromatic carbocycles. The van der Waals surface area contributed by atoms with Gasteiger partial charge in [-0.05, 0) is 17.9 Å². The molecule has 0 aliphatic carbocycles. The number of hydrogen-bond donors (Lipinski definition) is 2. The summed E-state index contributed by atoms with van der Waals surface area (Å²) >= 11 is 0. The second-order valence-corrected chi connectivity index (χ2v) is 5.42. The summed E-state index contributed by atoms with van der Waals surface area (Å²) in [4.78, 5) is 23.6. The maximum Gasteiger partial charge on any atom is 0.328 e. The molecule has 0 heterocycles. The van der Waals surface area contributed by atoms with E-state index < -0.39 is 24.0 Å². The van der Waals surface area contributed by atoms with Crippen LogP contribution in [0.15, 0.2) is 30.3 Å². The number of rotatable bonds is 7. The van der Waals surface area contributed by atoms with Crippen LogP contribution in [0, 0.1) is 5.92 Å². The number of aliphatic hydroxyl groups excluding tert-OH is 1. The molecule has 0 fully saturated rings. The Labute approximate surface area is 125 Å². The van der Waals surface area contributed by atoms with Gasteiger partial charge in [-0.1, -0.05) is 44.2 Å². The largest absolute Gasteiger partial charge is 0.467 e. The zero-order chi connectivity index (χ0) is 15.8. The highest BCUT2D eigenvalue weighted by atomic mass is 16.5. The number of nitrogens with one attached hydrogen (secondary N) is 1. The molecule has 1 unspecified atom stereocenters. The fourth-order valence-electron chi connectivity index (χ4n) is 2.03. The second kappa shape index (κ2) is 8.42. The maximum atomic E-state index is 12.0. The van der Waals surface area contributed by atoms with Crippen LogP contribution in [-0.2, 0) is 20.7 Å². The first-order valence-electron chi connectivity index (χ1n) is 7.04. The van der Waals surface area contributed by atoms with Gasteiger partial charge < -0.3 is 15.2 Å². The highest BCUT2D eigenvalue weighted by Crippen LogP contribution is 2.08. The Bertz CT molecular complexity index is 459. The highest BCUT2D eigenvalue weighted by Gasteiger charge is 2.25. The molecule has 116 valence electrons. The molecule has 0 radical (unpaired) electrons. The number of benzene rings is 1. The number of carbonyl (C=O) groups excluding carboxylic acids is 2. The molecule has 2 atom stereocenters. The molecule has 21 heavy (non-hydrogen) atoms. The lowest BCUT2D eigenvalue weighted by atomic mass is 10.0. The van der Waals surface area contributed by atoms with Crippen molar-refractivity contribution in [1.82, 2.24) is 5.32 Å². The van der Waals surface area contributed by atoms with E-state index in [0.29, 0.717) is 6.42 Å². The number of aliphatic hydroxyl groups is 1. The zero-order valence-electron chi connectivity index (χ0n) is 12.7. The summed E-state index contributed by atoms with van der Waals surface area (Å²) in [5.74, 6) is -0.834. The van der Waals surface area contributed by atoms with Crippen molar-refractivity contribution in [2.45, 2.75) is 38.8 Å². The van der Waals surface area contributed by atoms with Gasteiger partial charge in [-0.2, -0.15) is 0 Å². The quantitative estimate of drug-likeness (QED) is 0.743. The fraction of sp³-hybridized carbons (Fsp3) is 0.500. The van der Waals surface area contributed by atoms with E-state index in [1.807, 2.05) is 44.2 Å². The molecular formula is C16H23NO4. The van der Waals surface area contributed by atoms with Crippen LogP contribution < -0.4 is 5.32 Å². The molecule has 0 aromatic heterocycles. The summed E-state index contributed by atoms with van der Waals surface area (Å²) < 4.78 is 4.68. The van der Waals surface area contributed by atoms with E-state index in [-0.39, 0.29) is 12.3 Å². The van der Waals surface area contributed by atoms with Crippen molar-refractivity contribution in [1.29, 1.82) is 0 Å². The van der Waals surface area contributed by atoms with E-state index in [1.54, 1.807) is 0 Å². The van der Waals surface area contributed by atoms with Crippen LogP contribution in [0.2, 0.25) is 0 Å². The Hall–Kier alpha value is -1.88. The molecule has 0 spiro atoms. The molecule has 0 aliphatic rings. The number of amides is 1. The molecule has 1 aromatic rings. The predicted octanol–water partition coefficient (Wildman–Crippen LogP) is 1.29. The third-order valence-corrected chi connectivity index (χ3v) is 3.08. The van der Waals surface area contributed by atoms with Crippen molar-refractivity contribution in [2.24, 2.45) is 5.92 Å². The number of ether oxygens (including phenoxy) is 1. The molecule has 0 saturated heterocycles. The summed E-state index contributed by atoms with van der Waals surface area (Å²) in [6.45, 7) is 3.89. The lowest BCUT2D eigenvalue weighted by molar-refractivity contribution is -0.146. The van der Waals surface area contributed by atoms with Gasteiger partial charge in [-0.25, -0.2) is 4.79 Å². The topological polar surface area (TPSA) is 75.6 Å². The Morgan fingerprint density at radius 2 is 1.86 bits per heavy atom. The van der Waals surface area contributed by atoms with Crippen LogP contribution in [0.5, 0.6) is 0 Å². The van der Waals surface area contributed by atoms with Crippen LogP contribution in [0.3, 0.4) is 0 Å². The number of methoxy groups -OCH3 is 1. The lowest BCUT2D eigenvalue weighted by Gasteiger charge is -2.20. The molecule has 5 nitrogen and oxygen atoms in total. The Balaban J connectivity index is 2.61. The van der Waals surface area contributed by atoms with Crippen molar-refractivity contribution >= 4 is 11.9 Å². The number of esters is 1. The van der Waals surface area contributed by atoms with Crippen molar-refractivity contribution in [3.8, 4) is 0 Å². The summed E-state index contributed by atoms with van der Waals surface area (Å²) in [5.41, 5.74) is 0.860. The third kappa shape index (κ3) is 5.95. The van der Waals surface area contributed by atoms with Crippen LogP contribution in [0.1, 0.15) is 25.8 Å². The van der Waals surface area contributed by atoms with Gasteiger partial charge in [0.25, 0.3) is 0 Å². The minimum Gasteiger partial charge on any atom is -0.467 e. The normalized spacial score (nSPS) is 13.6. The first-order chi connectivity index (χ1) is 9.93. The van der Waals surface area contributed by atoms with E-state index in [1.165, 1.54) is 7.11 Å². The SMILES string of the molecule is COC(=O)[C@@H](CC(C)C)NC(=O)C(O)Cc1ccccc1. The number of hydrogen-bond acceptors (Lipinski definition) is 4. The molecule has 1 amide bonds. The Morgan fingerprint density at radius 3 is 2.38 bits per heavy atom. The first kappa shape index (κ1) is 17.2. The molecule has 2 N–H and O–H groups in total. The number of carbonyl (C=O) groups is 2. The van der Waals surface area contributed by atoms with E-state index in [9.17, 15) is 14.7 Å². The molecule has 0 aliphatic heterocycles.